The van der Waals surface area contributed by atoms with Crippen molar-refractivity contribution >= 4 is 39.1 Å². The van der Waals surface area contributed by atoms with Gasteiger partial charge in [0.2, 0.25) is 5.91 Å². The van der Waals surface area contributed by atoms with Gasteiger partial charge in [0, 0.05) is 4.47 Å². The Morgan fingerprint density at radius 1 is 1.26 bits per heavy atom. The Bertz CT molecular complexity index is 618. The fourth-order valence-electron chi connectivity index (χ4n) is 1.61. The standard InChI is InChI=1S/C14H10BrClFNO/c15-10-5-6-12(17)9(7-10)8-14(19)18-13-4-2-1-3-11(13)16/h1-7H,8H2,(H,18,19). The summed E-state index contributed by atoms with van der Waals surface area (Å²) < 4.78 is 14.3. The molecule has 0 fully saturated rings. The zero-order valence-electron chi connectivity index (χ0n) is 9.79. The smallest absolute Gasteiger partial charge is 0.228 e. The highest BCUT2D eigenvalue weighted by Crippen LogP contribution is 2.21. The number of para-hydroxylation sites is 1. The predicted octanol–water partition coefficient (Wildman–Crippen LogP) is 4.42. The van der Waals surface area contributed by atoms with E-state index in [1.165, 1.54) is 6.07 Å². The fraction of sp³-hybridized carbons (Fsp3) is 0.0714. The molecule has 0 heterocycles. The first-order valence-corrected chi connectivity index (χ1v) is 6.71. The van der Waals surface area contributed by atoms with E-state index in [2.05, 4.69) is 21.2 Å². The summed E-state index contributed by atoms with van der Waals surface area (Å²) in [6.07, 6.45) is -0.0451. The number of carbonyl (C=O) groups is 1. The van der Waals surface area contributed by atoms with Gasteiger partial charge in [-0.1, -0.05) is 39.7 Å². The molecule has 0 saturated carbocycles. The van der Waals surface area contributed by atoms with E-state index in [-0.39, 0.29) is 12.3 Å². The van der Waals surface area contributed by atoms with Gasteiger partial charge in [-0.2, -0.15) is 0 Å². The molecule has 2 nitrogen and oxygen atoms in total. The molecule has 0 radical (unpaired) electrons. The molecule has 0 bridgehead atoms. The van der Waals surface area contributed by atoms with Gasteiger partial charge >= 0.3 is 0 Å². The Hall–Kier alpha value is -1.39. The quantitative estimate of drug-likeness (QED) is 0.879. The van der Waals surface area contributed by atoms with Crippen LogP contribution in [0, 0.1) is 5.82 Å². The third kappa shape index (κ3) is 3.78. The number of halogens is 3. The lowest BCUT2D eigenvalue weighted by molar-refractivity contribution is -0.115. The summed E-state index contributed by atoms with van der Waals surface area (Å²) in [4.78, 5) is 11.8. The summed E-state index contributed by atoms with van der Waals surface area (Å²) in [5.74, 6) is -0.720. The van der Waals surface area contributed by atoms with Gasteiger partial charge in [0.25, 0.3) is 0 Å². The van der Waals surface area contributed by atoms with Crippen LogP contribution in [0.4, 0.5) is 10.1 Å². The summed E-state index contributed by atoms with van der Waals surface area (Å²) in [6.45, 7) is 0. The molecule has 0 saturated heterocycles. The zero-order valence-corrected chi connectivity index (χ0v) is 12.1. The van der Waals surface area contributed by atoms with E-state index in [0.717, 1.165) is 4.47 Å². The van der Waals surface area contributed by atoms with Gasteiger partial charge in [-0.15, -0.1) is 0 Å². The van der Waals surface area contributed by atoms with E-state index in [0.29, 0.717) is 16.3 Å². The second-order valence-corrected chi connectivity index (χ2v) is 5.26. The van der Waals surface area contributed by atoms with Gasteiger partial charge in [0.1, 0.15) is 5.82 Å². The summed E-state index contributed by atoms with van der Waals surface area (Å²) in [7, 11) is 0. The van der Waals surface area contributed by atoms with Crippen molar-refractivity contribution in [3.05, 3.63) is 63.3 Å². The third-order valence-corrected chi connectivity index (χ3v) is 3.33. The number of amides is 1. The minimum atomic E-state index is -0.405. The highest BCUT2D eigenvalue weighted by molar-refractivity contribution is 9.10. The van der Waals surface area contributed by atoms with Crippen molar-refractivity contribution in [1.29, 1.82) is 0 Å². The van der Waals surface area contributed by atoms with Crippen LogP contribution < -0.4 is 5.32 Å². The normalized spacial score (nSPS) is 10.3. The highest BCUT2D eigenvalue weighted by atomic mass is 79.9. The molecule has 0 atom stereocenters. The first kappa shape index (κ1) is 14.0. The van der Waals surface area contributed by atoms with Crippen LogP contribution in [0.3, 0.4) is 0 Å². The Kier molecular flexibility index (Phi) is 4.56. The van der Waals surface area contributed by atoms with Crippen LogP contribution in [-0.2, 0) is 11.2 Å². The molecule has 2 aromatic carbocycles. The lowest BCUT2D eigenvalue weighted by Gasteiger charge is -2.07. The SMILES string of the molecule is O=C(Cc1cc(Br)ccc1F)Nc1ccccc1Cl. The largest absolute Gasteiger partial charge is 0.324 e. The highest BCUT2D eigenvalue weighted by Gasteiger charge is 2.10. The first-order valence-electron chi connectivity index (χ1n) is 5.54. The van der Waals surface area contributed by atoms with Crippen LogP contribution in [0.2, 0.25) is 5.02 Å². The van der Waals surface area contributed by atoms with Crippen molar-refractivity contribution in [2.45, 2.75) is 6.42 Å². The molecule has 1 amide bonds. The van der Waals surface area contributed by atoms with E-state index in [4.69, 9.17) is 11.6 Å². The maximum Gasteiger partial charge on any atom is 0.228 e. The topological polar surface area (TPSA) is 29.1 Å². The first-order chi connectivity index (χ1) is 9.06. The van der Waals surface area contributed by atoms with Gasteiger partial charge in [-0.3, -0.25) is 4.79 Å². The summed E-state index contributed by atoms with van der Waals surface area (Å²) in [5.41, 5.74) is 0.850. The zero-order chi connectivity index (χ0) is 13.8. The van der Waals surface area contributed by atoms with Crippen LogP contribution in [0.15, 0.2) is 46.9 Å². The van der Waals surface area contributed by atoms with Crippen molar-refractivity contribution in [1.82, 2.24) is 0 Å². The van der Waals surface area contributed by atoms with Gasteiger partial charge in [-0.25, -0.2) is 4.39 Å². The molecule has 2 aromatic rings. The van der Waals surface area contributed by atoms with E-state index >= 15 is 0 Å². The predicted molar refractivity (Wildman–Crippen MR) is 77.9 cm³/mol. The lowest BCUT2D eigenvalue weighted by atomic mass is 10.1. The molecule has 0 unspecified atom stereocenters. The molecule has 19 heavy (non-hydrogen) atoms. The number of anilines is 1. The molecule has 98 valence electrons. The van der Waals surface area contributed by atoms with Crippen molar-refractivity contribution in [2.24, 2.45) is 0 Å². The minimum Gasteiger partial charge on any atom is -0.324 e. The van der Waals surface area contributed by atoms with Gasteiger partial charge in [-0.05, 0) is 35.9 Å². The molecule has 0 aliphatic carbocycles. The van der Waals surface area contributed by atoms with Crippen LogP contribution in [0.5, 0.6) is 0 Å². The average Bonchev–Trinajstić information content (AvgIpc) is 2.37. The molecule has 0 aliphatic rings. The van der Waals surface area contributed by atoms with Gasteiger partial charge in [0.15, 0.2) is 0 Å². The maximum atomic E-state index is 13.5. The van der Waals surface area contributed by atoms with E-state index < -0.39 is 5.82 Å². The van der Waals surface area contributed by atoms with Crippen molar-refractivity contribution < 1.29 is 9.18 Å². The Morgan fingerprint density at radius 2 is 2.00 bits per heavy atom. The fourth-order valence-corrected chi connectivity index (χ4v) is 2.20. The van der Waals surface area contributed by atoms with Gasteiger partial charge < -0.3 is 5.32 Å². The minimum absolute atomic E-state index is 0.0451. The second-order valence-electron chi connectivity index (χ2n) is 3.94. The number of rotatable bonds is 3. The molecular weight excluding hydrogens is 333 g/mol. The van der Waals surface area contributed by atoms with E-state index in [1.54, 1.807) is 36.4 Å². The average molecular weight is 343 g/mol. The Balaban J connectivity index is 2.10. The summed E-state index contributed by atoms with van der Waals surface area (Å²) >= 11 is 9.18. The third-order valence-electron chi connectivity index (χ3n) is 2.51. The number of nitrogens with one attached hydrogen (secondary N) is 1. The van der Waals surface area contributed by atoms with Crippen molar-refractivity contribution in [3.63, 3.8) is 0 Å². The van der Waals surface area contributed by atoms with Crippen molar-refractivity contribution in [2.75, 3.05) is 5.32 Å². The van der Waals surface area contributed by atoms with Crippen molar-refractivity contribution in [3.8, 4) is 0 Å². The molecule has 5 heteroatoms. The number of hydrogen-bond donors (Lipinski definition) is 1. The number of hydrogen-bond acceptors (Lipinski definition) is 1. The maximum absolute atomic E-state index is 13.5. The molecule has 0 spiro atoms. The lowest BCUT2D eigenvalue weighted by Crippen LogP contribution is -2.15. The van der Waals surface area contributed by atoms with E-state index in [1.807, 2.05) is 0 Å². The van der Waals surface area contributed by atoms with Crippen LogP contribution >= 0.6 is 27.5 Å². The van der Waals surface area contributed by atoms with Crippen LogP contribution in [0.25, 0.3) is 0 Å². The molecule has 0 aromatic heterocycles. The molecular formula is C14H10BrClFNO. The Labute approximate surface area is 123 Å². The molecule has 2 rings (SSSR count). The Morgan fingerprint density at radius 3 is 2.74 bits per heavy atom. The van der Waals surface area contributed by atoms with Crippen LogP contribution in [0.1, 0.15) is 5.56 Å². The van der Waals surface area contributed by atoms with E-state index in [9.17, 15) is 9.18 Å². The summed E-state index contributed by atoms with van der Waals surface area (Å²) in [6, 6.07) is 11.4. The monoisotopic (exact) mass is 341 g/mol. The molecule has 0 aliphatic heterocycles. The number of benzene rings is 2. The molecule has 1 N–H and O–H groups in total. The van der Waals surface area contributed by atoms with Crippen LogP contribution in [-0.4, -0.2) is 5.91 Å². The number of carbonyl (C=O) groups excluding carboxylic acids is 1. The second kappa shape index (κ2) is 6.17. The summed E-state index contributed by atoms with van der Waals surface area (Å²) in [5, 5.41) is 3.10. The van der Waals surface area contributed by atoms with Gasteiger partial charge in [0.05, 0.1) is 17.1 Å².